The summed E-state index contributed by atoms with van der Waals surface area (Å²) in [5.74, 6) is -0.303. The van der Waals surface area contributed by atoms with Gasteiger partial charge in [0.15, 0.2) is 0 Å². The number of ether oxygens (including phenoxy) is 1. The summed E-state index contributed by atoms with van der Waals surface area (Å²) in [6.07, 6.45) is 0. The largest absolute Gasteiger partial charge is 0.462 e. The number of carbonyl (C=O) groups excluding carboxylic acids is 1. The van der Waals surface area contributed by atoms with E-state index in [2.05, 4.69) is 30.3 Å². The first-order valence-corrected chi connectivity index (χ1v) is 8.32. The molecule has 0 spiro atoms. The Bertz CT molecular complexity index is 1090. The van der Waals surface area contributed by atoms with Gasteiger partial charge in [-0.05, 0) is 48.0 Å². The van der Waals surface area contributed by atoms with Crippen LogP contribution in [0, 0.1) is 0 Å². The van der Waals surface area contributed by atoms with Gasteiger partial charge in [0.25, 0.3) is 0 Å². The van der Waals surface area contributed by atoms with Crippen LogP contribution >= 0.6 is 0 Å². The molecule has 1 heterocycles. The standard InChI is InChI=1S/C22H17NO2/c1-2-25-22(24)19-10-12-21-18(14-19)9-11-20(23-21)17-8-7-15-5-3-4-6-16(15)13-17/h3-14H,2H2,1H3. The van der Waals surface area contributed by atoms with Gasteiger partial charge in [0.2, 0.25) is 0 Å². The predicted molar refractivity (Wildman–Crippen MR) is 101 cm³/mol. The maximum absolute atomic E-state index is 11.9. The molecule has 0 amide bonds. The van der Waals surface area contributed by atoms with Crippen LogP contribution in [0.1, 0.15) is 17.3 Å². The molecule has 0 aliphatic carbocycles. The molecule has 0 saturated carbocycles. The third-order valence-corrected chi connectivity index (χ3v) is 4.25. The highest BCUT2D eigenvalue weighted by atomic mass is 16.5. The minimum atomic E-state index is -0.303. The van der Waals surface area contributed by atoms with Gasteiger partial charge in [0.05, 0.1) is 23.4 Å². The molecule has 4 aromatic rings. The number of rotatable bonds is 3. The van der Waals surface area contributed by atoms with E-state index < -0.39 is 0 Å². The smallest absolute Gasteiger partial charge is 0.338 e. The van der Waals surface area contributed by atoms with E-state index in [9.17, 15) is 4.79 Å². The molecular weight excluding hydrogens is 310 g/mol. The fourth-order valence-corrected chi connectivity index (χ4v) is 2.98. The summed E-state index contributed by atoms with van der Waals surface area (Å²) >= 11 is 0. The fraction of sp³-hybridized carbons (Fsp3) is 0.0909. The van der Waals surface area contributed by atoms with Crippen molar-refractivity contribution in [1.29, 1.82) is 0 Å². The Kier molecular flexibility index (Phi) is 3.90. The van der Waals surface area contributed by atoms with Crippen LogP contribution in [0.25, 0.3) is 32.9 Å². The second-order valence-corrected chi connectivity index (χ2v) is 5.89. The number of aromatic nitrogens is 1. The van der Waals surface area contributed by atoms with Crippen molar-refractivity contribution in [1.82, 2.24) is 4.98 Å². The van der Waals surface area contributed by atoms with Crippen LogP contribution in [0.3, 0.4) is 0 Å². The first-order chi connectivity index (χ1) is 12.2. The monoisotopic (exact) mass is 327 g/mol. The summed E-state index contributed by atoms with van der Waals surface area (Å²) in [7, 11) is 0. The molecular formula is C22H17NO2. The van der Waals surface area contributed by atoms with Crippen LogP contribution in [0.2, 0.25) is 0 Å². The van der Waals surface area contributed by atoms with E-state index in [4.69, 9.17) is 9.72 Å². The number of nitrogens with zero attached hydrogens (tertiary/aromatic N) is 1. The Hall–Kier alpha value is -3.20. The lowest BCUT2D eigenvalue weighted by Gasteiger charge is -2.07. The Labute approximate surface area is 145 Å². The van der Waals surface area contributed by atoms with E-state index in [0.29, 0.717) is 12.2 Å². The molecule has 0 aliphatic rings. The van der Waals surface area contributed by atoms with Crippen molar-refractivity contribution in [3.63, 3.8) is 0 Å². The summed E-state index contributed by atoms with van der Waals surface area (Å²) in [5, 5.41) is 3.33. The average Bonchev–Trinajstić information content (AvgIpc) is 2.67. The van der Waals surface area contributed by atoms with Gasteiger partial charge in [0.1, 0.15) is 0 Å². The quantitative estimate of drug-likeness (QED) is 0.484. The molecule has 3 aromatic carbocycles. The molecule has 25 heavy (non-hydrogen) atoms. The molecule has 0 bridgehead atoms. The van der Waals surface area contributed by atoms with Gasteiger partial charge in [-0.15, -0.1) is 0 Å². The van der Waals surface area contributed by atoms with Crippen LogP contribution in [0.5, 0.6) is 0 Å². The highest BCUT2D eigenvalue weighted by molar-refractivity contribution is 5.95. The van der Waals surface area contributed by atoms with E-state index in [0.717, 1.165) is 22.2 Å². The topological polar surface area (TPSA) is 39.2 Å². The zero-order valence-corrected chi connectivity index (χ0v) is 13.9. The van der Waals surface area contributed by atoms with Gasteiger partial charge in [-0.2, -0.15) is 0 Å². The highest BCUT2D eigenvalue weighted by Gasteiger charge is 2.08. The fourth-order valence-electron chi connectivity index (χ4n) is 2.98. The van der Waals surface area contributed by atoms with Crippen molar-refractivity contribution in [2.75, 3.05) is 6.61 Å². The number of carbonyl (C=O) groups is 1. The van der Waals surface area contributed by atoms with Crippen LogP contribution in [-0.4, -0.2) is 17.6 Å². The Morgan fingerprint density at radius 3 is 2.52 bits per heavy atom. The lowest BCUT2D eigenvalue weighted by atomic mass is 10.0. The molecule has 122 valence electrons. The molecule has 0 aliphatic heterocycles. The second kappa shape index (κ2) is 6.36. The summed E-state index contributed by atoms with van der Waals surface area (Å²) in [5.41, 5.74) is 3.41. The SMILES string of the molecule is CCOC(=O)c1ccc2nc(-c3ccc4ccccc4c3)ccc2c1. The summed E-state index contributed by atoms with van der Waals surface area (Å²) in [4.78, 5) is 16.6. The third-order valence-electron chi connectivity index (χ3n) is 4.25. The van der Waals surface area contributed by atoms with Crippen LogP contribution in [-0.2, 0) is 4.74 Å². The van der Waals surface area contributed by atoms with Crippen LogP contribution in [0.15, 0.2) is 72.8 Å². The summed E-state index contributed by atoms with van der Waals surface area (Å²) in [6.45, 7) is 2.17. The number of benzene rings is 3. The maximum atomic E-state index is 11.9. The number of pyridine rings is 1. The normalized spacial score (nSPS) is 10.9. The molecule has 0 unspecified atom stereocenters. The second-order valence-electron chi connectivity index (χ2n) is 5.89. The minimum Gasteiger partial charge on any atom is -0.462 e. The molecule has 0 fully saturated rings. The van der Waals surface area contributed by atoms with Crippen LogP contribution in [0.4, 0.5) is 0 Å². The van der Waals surface area contributed by atoms with Gasteiger partial charge in [-0.25, -0.2) is 9.78 Å². The number of fused-ring (bicyclic) bond motifs is 2. The Morgan fingerprint density at radius 1 is 0.880 bits per heavy atom. The van der Waals surface area contributed by atoms with Crippen molar-refractivity contribution >= 4 is 27.6 Å². The lowest BCUT2D eigenvalue weighted by molar-refractivity contribution is 0.0526. The van der Waals surface area contributed by atoms with E-state index in [1.807, 2.05) is 36.4 Å². The zero-order chi connectivity index (χ0) is 17.2. The van der Waals surface area contributed by atoms with Crippen molar-refractivity contribution in [2.24, 2.45) is 0 Å². The van der Waals surface area contributed by atoms with E-state index in [1.54, 1.807) is 13.0 Å². The molecule has 1 aromatic heterocycles. The molecule has 3 nitrogen and oxygen atoms in total. The van der Waals surface area contributed by atoms with E-state index in [1.165, 1.54) is 10.8 Å². The van der Waals surface area contributed by atoms with Crippen molar-refractivity contribution in [3.8, 4) is 11.3 Å². The molecule has 0 saturated heterocycles. The van der Waals surface area contributed by atoms with E-state index in [-0.39, 0.29) is 5.97 Å². The van der Waals surface area contributed by atoms with Crippen molar-refractivity contribution < 1.29 is 9.53 Å². The Morgan fingerprint density at radius 2 is 1.68 bits per heavy atom. The molecule has 4 rings (SSSR count). The first-order valence-electron chi connectivity index (χ1n) is 8.32. The average molecular weight is 327 g/mol. The van der Waals surface area contributed by atoms with Gasteiger partial charge < -0.3 is 4.74 Å². The Balaban J connectivity index is 1.75. The van der Waals surface area contributed by atoms with Crippen molar-refractivity contribution in [2.45, 2.75) is 6.92 Å². The number of esters is 1. The minimum absolute atomic E-state index is 0.303. The number of hydrogen-bond donors (Lipinski definition) is 0. The lowest BCUT2D eigenvalue weighted by Crippen LogP contribution is -2.04. The van der Waals surface area contributed by atoms with Crippen molar-refractivity contribution in [3.05, 3.63) is 78.4 Å². The van der Waals surface area contributed by atoms with E-state index >= 15 is 0 Å². The molecule has 0 atom stereocenters. The number of hydrogen-bond acceptors (Lipinski definition) is 3. The maximum Gasteiger partial charge on any atom is 0.338 e. The van der Waals surface area contributed by atoms with Gasteiger partial charge in [-0.1, -0.05) is 42.5 Å². The third kappa shape index (κ3) is 2.96. The first kappa shape index (κ1) is 15.3. The summed E-state index contributed by atoms with van der Waals surface area (Å²) in [6, 6.07) is 24.1. The predicted octanol–water partition coefficient (Wildman–Crippen LogP) is 5.23. The van der Waals surface area contributed by atoms with Gasteiger partial charge in [0, 0.05) is 10.9 Å². The van der Waals surface area contributed by atoms with Gasteiger partial charge >= 0.3 is 5.97 Å². The van der Waals surface area contributed by atoms with Crippen LogP contribution < -0.4 is 0 Å². The molecule has 0 N–H and O–H groups in total. The summed E-state index contributed by atoms with van der Waals surface area (Å²) < 4.78 is 5.05. The molecule has 0 radical (unpaired) electrons. The highest BCUT2D eigenvalue weighted by Crippen LogP contribution is 2.25. The zero-order valence-electron chi connectivity index (χ0n) is 13.9. The molecule has 3 heteroatoms. The van der Waals surface area contributed by atoms with Gasteiger partial charge in [-0.3, -0.25) is 0 Å².